The molecule has 0 aromatic carbocycles. The van der Waals surface area contributed by atoms with Gasteiger partial charge < -0.3 is 23.7 Å². The molecule has 0 fully saturated rings. The molecule has 23 heavy (non-hydrogen) atoms. The lowest BCUT2D eigenvalue weighted by atomic mass is 10.2. The van der Waals surface area contributed by atoms with Gasteiger partial charge in [0.15, 0.2) is 8.32 Å². The largest absolute Gasteiger partial charge is 0.478 e. The van der Waals surface area contributed by atoms with Crippen LogP contribution in [-0.4, -0.2) is 58.7 Å². The lowest BCUT2D eigenvalue weighted by Gasteiger charge is -2.39. The summed E-state index contributed by atoms with van der Waals surface area (Å²) in [5, 5.41) is 8.89. The molecule has 0 spiro atoms. The van der Waals surface area contributed by atoms with Gasteiger partial charge in [-0.1, -0.05) is 20.8 Å². The van der Waals surface area contributed by atoms with Crippen molar-refractivity contribution in [3.05, 3.63) is 12.2 Å². The minimum atomic E-state index is -2.05. The third-order valence-electron chi connectivity index (χ3n) is 3.97. The highest BCUT2D eigenvalue weighted by Gasteiger charge is 2.39. The molecular weight excluding hydrogens is 316 g/mol. The van der Waals surface area contributed by atoms with Crippen molar-refractivity contribution in [3.63, 3.8) is 0 Å². The topological polar surface area (TPSA) is 74.2 Å². The molecule has 0 rings (SSSR count). The second-order valence-electron chi connectivity index (χ2n) is 6.93. The van der Waals surface area contributed by atoms with Crippen LogP contribution in [0.4, 0.5) is 0 Å². The predicted molar refractivity (Wildman–Crippen MR) is 92.1 cm³/mol. The predicted octanol–water partition coefficient (Wildman–Crippen LogP) is 3.04. The van der Waals surface area contributed by atoms with Crippen molar-refractivity contribution < 1.29 is 28.5 Å². The Morgan fingerprint density at radius 1 is 1.26 bits per heavy atom. The van der Waals surface area contributed by atoms with Gasteiger partial charge in [0, 0.05) is 13.2 Å². The number of carboxylic acids is 1. The van der Waals surface area contributed by atoms with Crippen molar-refractivity contribution in [1.82, 2.24) is 0 Å². The van der Waals surface area contributed by atoms with Gasteiger partial charge in [0.25, 0.3) is 0 Å². The molecule has 0 radical (unpaired) electrons. The van der Waals surface area contributed by atoms with E-state index in [9.17, 15) is 4.79 Å². The van der Waals surface area contributed by atoms with Crippen LogP contribution >= 0.6 is 0 Å². The summed E-state index contributed by atoms with van der Waals surface area (Å²) in [6.07, 6.45) is 1.90. The molecule has 136 valence electrons. The van der Waals surface area contributed by atoms with Crippen LogP contribution < -0.4 is 0 Å². The third-order valence-corrected chi connectivity index (χ3v) is 8.45. The summed E-state index contributed by atoms with van der Waals surface area (Å²) in [6.45, 7) is 13.6. The SMILES string of the molecule is COCCOCO[C@@H](C)[C@@H](/C=C/C(=O)O)O[Si](C)(C)C(C)(C)C. The van der Waals surface area contributed by atoms with Gasteiger partial charge in [0.2, 0.25) is 0 Å². The summed E-state index contributed by atoms with van der Waals surface area (Å²) in [4.78, 5) is 10.8. The molecule has 2 atom stereocenters. The van der Waals surface area contributed by atoms with E-state index < -0.39 is 20.4 Å². The van der Waals surface area contributed by atoms with Gasteiger partial charge in [-0.15, -0.1) is 0 Å². The summed E-state index contributed by atoms with van der Waals surface area (Å²) in [5.74, 6) is -1.00. The smallest absolute Gasteiger partial charge is 0.328 e. The first-order valence-electron chi connectivity index (χ1n) is 7.78. The molecule has 0 aromatic heterocycles. The number of methoxy groups -OCH3 is 1. The van der Waals surface area contributed by atoms with Crippen molar-refractivity contribution in [3.8, 4) is 0 Å². The molecule has 0 bridgehead atoms. The highest BCUT2D eigenvalue weighted by atomic mass is 28.4. The fourth-order valence-corrected chi connectivity index (χ4v) is 2.74. The Balaban J connectivity index is 4.77. The molecule has 0 aromatic rings. The first-order chi connectivity index (χ1) is 10.5. The van der Waals surface area contributed by atoms with Crippen molar-refractivity contribution in [2.45, 2.75) is 58.0 Å². The van der Waals surface area contributed by atoms with Gasteiger partial charge >= 0.3 is 5.97 Å². The number of carbonyl (C=O) groups is 1. The Bertz CT molecular complexity index is 375. The Morgan fingerprint density at radius 3 is 2.35 bits per heavy atom. The summed E-state index contributed by atoms with van der Waals surface area (Å²) < 4.78 is 22.1. The highest BCUT2D eigenvalue weighted by molar-refractivity contribution is 6.74. The van der Waals surface area contributed by atoms with Gasteiger partial charge in [-0.25, -0.2) is 4.79 Å². The molecule has 0 unspecified atom stereocenters. The average molecular weight is 349 g/mol. The fourth-order valence-electron chi connectivity index (χ4n) is 1.44. The molecule has 0 heterocycles. The van der Waals surface area contributed by atoms with Crippen molar-refractivity contribution >= 4 is 14.3 Å². The monoisotopic (exact) mass is 348 g/mol. The van der Waals surface area contributed by atoms with Gasteiger partial charge in [-0.2, -0.15) is 0 Å². The number of ether oxygens (including phenoxy) is 3. The van der Waals surface area contributed by atoms with Crippen LogP contribution in [0.15, 0.2) is 12.2 Å². The van der Waals surface area contributed by atoms with Crippen LogP contribution in [0.1, 0.15) is 27.7 Å². The van der Waals surface area contributed by atoms with E-state index in [2.05, 4.69) is 33.9 Å². The average Bonchev–Trinajstić information content (AvgIpc) is 2.41. The number of hydrogen-bond donors (Lipinski definition) is 1. The molecule has 6 nitrogen and oxygen atoms in total. The number of hydrogen-bond acceptors (Lipinski definition) is 5. The van der Waals surface area contributed by atoms with Gasteiger partial charge in [0.1, 0.15) is 6.79 Å². The van der Waals surface area contributed by atoms with Crippen LogP contribution in [0.5, 0.6) is 0 Å². The van der Waals surface area contributed by atoms with Crippen LogP contribution in [0.2, 0.25) is 18.1 Å². The third kappa shape index (κ3) is 9.22. The summed E-state index contributed by atoms with van der Waals surface area (Å²) >= 11 is 0. The van der Waals surface area contributed by atoms with E-state index in [1.165, 1.54) is 0 Å². The molecule has 0 aliphatic heterocycles. The maximum Gasteiger partial charge on any atom is 0.328 e. The van der Waals surface area contributed by atoms with E-state index in [1.807, 2.05) is 6.92 Å². The molecular formula is C16H32O6Si. The summed E-state index contributed by atoms with van der Waals surface area (Å²) in [5.41, 5.74) is 0. The van der Waals surface area contributed by atoms with E-state index in [-0.39, 0.29) is 17.9 Å². The maximum atomic E-state index is 10.8. The van der Waals surface area contributed by atoms with Gasteiger partial charge in [-0.3, -0.25) is 0 Å². The molecule has 1 N–H and O–H groups in total. The Morgan fingerprint density at radius 2 is 1.87 bits per heavy atom. The minimum absolute atomic E-state index is 0.0248. The Kier molecular flexibility index (Phi) is 9.87. The number of carboxylic acid groups (broad SMARTS) is 1. The lowest BCUT2D eigenvalue weighted by Crippen LogP contribution is -2.46. The standard InChI is InChI=1S/C16H32O6Si/c1-13(21-12-20-11-10-19-5)14(8-9-15(17)18)22-23(6,7)16(2,3)4/h8-9,13-14H,10-12H2,1-7H3,(H,17,18)/b9-8+/t13-,14+/m0/s1. The molecule has 7 heteroatoms. The molecule has 0 aliphatic carbocycles. The highest BCUT2D eigenvalue weighted by Crippen LogP contribution is 2.37. The quantitative estimate of drug-likeness (QED) is 0.268. The zero-order valence-electron chi connectivity index (χ0n) is 15.4. The fraction of sp³-hybridized carbons (Fsp3) is 0.812. The zero-order chi connectivity index (χ0) is 18.1. The Labute approximate surface area is 140 Å². The van der Waals surface area contributed by atoms with Gasteiger partial charge in [-0.05, 0) is 31.1 Å². The lowest BCUT2D eigenvalue weighted by molar-refractivity contribution is -0.131. The zero-order valence-corrected chi connectivity index (χ0v) is 16.4. The second-order valence-corrected chi connectivity index (χ2v) is 11.7. The summed E-state index contributed by atoms with van der Waals surface area (Å²) in [7, 11) is -0.444. The van der Waals surface area contributed by atoms with E-state index in [0.717, 1.165) is 6.08 Å². The van der Waals surface area contributed by atoms with Crippen LogP contribution in [0, 0.1) is 0 Å². The number of rotatable bonds is 11. The van der Waals surface area contributed by atoms with Gasteiger partial charge in [0.05, 0.1) is 25.4 Å². The Hall–Kier alpha value is -0.733. The van der Waals surface area contributed by atoms with Crippen molar-refractivity contribution in [2.24, 2.45) is 0 Å². The van der Waals surface area contributed by atoms with Crippen molar-refractivity contribution in [2.75, 3.05) is 27.1 Å². The summed E-state index contributed by atoms with van der Waals surface area (Å²) in [6, 6.07) is 0. The maximum absolute atomic E-state index is 10.8. The minimum Gasteiger partial charge on any atom is -0.478 e. The first-order valence-corrected chi connectivity index (χ1v) is 10.7. The van der Waals surface area contributed by atoms with E-state index >= 15 is 0 Å². The van der Waals surface area contributed by atoms with Crippen LogP contribution in [-0.2, 0) is 23.4 Å². The van der Waals surface area contributed by atoms with Crippen LogP contribution in [0.25, 0.3) is 0 Å². The molecule has 0 saturated heterocycles. The van der Waals surface area contributed by atoms with E-state index in [0.29, 0.717) is 13.2 Å². The van der Waals surface area contributed by atoms with E-state index in [1.54, 1.807) is 13.2 Å². The van der Waals surface area contributed by atoms with Crippen LogP contribution in [0.3, 0.4) is 0 Å². The number of aliphatic carboxylic acids is 1. The normalized spacial score (nSPS) is 15.8. The first kappa shape index (κ1) is 22.3. The van der Waals surface area contributed by atoms with E-state index in [4.69, 9.17) is 23.7 Å². The molecule has 0 amide bonds. The second kappa shape index (κ2) is 10.2. The molecule has 0 aliphatic rings. The molecule has 0 saturated carbocycles. The van der Waals surface area contributed by atoms with Crippen molar-refractivity contribution in [1.29, 1.82) is 0 Å².